The Labute approximate surface area is 183 Å². The summed E-state index contributed by atoms with van der Waals surface area (Å²) in [6, 6.07) is 7.96. The number of aryl methyl sites for hydroxylation is 2. The summed E-state index contributed by atoms with van der Waals surface area (Å²) in [5.41, 5.74) is 3.96. The molecular formula is C21H20Cl2N4OS. The maximum atomic E-state index is 12.9. The summed E-state index contributed by atoms with van der Waals surface area (Å²) < 4.78 is 0. The molecule has 1 fully saturated rings. The maximum absolute atomic E-state index is 12.9. The van der Waals surface area contributed by atoms with E-state index in [4.69, 9.17) is 23.2 Å². The SMILES string of the molecule is Cc1ccc(-c2nc(C(=O)N3CCN(c4ncc(Cl)cc4Cl)CC3)cs2)c(C)c1. The molecular weight excluding hydrogens is 427 g/mol. The van der Waals surface area contributed by atoms with Gasteiger partial charge in [-0.25, -0.2) is 9.97 Å². The molecule has 8 heteroatoms. The van der Waals surface area contributed by atoms with Crippen LogP contribution in [-0.2, 0) is 0 Å². The molecule has 1 aliphatic rings. The number of anilines is 1. The van der Waals surface area contributed by atoms with Gasteiger partial charge in [-0.05, 0) is 25.5 Å². The Morgan fingerprint density at radius 3 is 2.55 bits per heavy atom. The van der Waals surface area contributed by atoms with E-state index >= 15 is 0 Å². The van der Waals surface area contributed by atoms with Gasteiger partial charge in [-0.1, -0.05) is 47.0 Å². The molecule has 0 aliphatic carbocycles. The second-order valence-corrected chi connectivity index (χ2v) is 8.80. The number of aromatic nitrogens is 2. The van der Waals surface area contributed by atoms with E-state index in [0.717, 1.165) is 10.6 Å². The maximum Gasteiger partial charge on any atom is 0.273 e. The van der Waals surface area contributed by atoms with Gasteiger partial charge in [0.05, 0.1) is 10.0 Å². The molecule has 1 aliphatic heterocycles. The highest BCUT2D eigenvalue weighted by atomic mass is 35.5. The van der Waals surface area contributed by atoms with E-state index in [0.29, 0.717) is 47.7 Å². The number of amides is 1. The van der Waals surface area contributed by atoms with Crippen molar-refractivity contribution in [2.24, 2.45) is 0 Å². The van der Waals surface area contributed by atoms with Crippen LogP contribution in [0.3, 0.4) is 0 Å². The summed E-state index contributed by atoms with van der Waals surface area (Å²) >= 11 is 13.7. The number of halogens is 2. The number of carbonyl (C=O) groups is 1. The van der Waals surface area contributed by atoms with Crippen LogP contribution in [0.4, 0.5) is 5.82 Å². The highest BCUT2D eigenvalue weighted by Gasteiger charge is 2.25. The zero-order valence-electron chi connectivity index (χ0n) is 16.2. The molecule has 2 aromatic heterocycles. The highest BCUT2D eigenvalue weighted by molar-refractivity contribution is 7.13. The van der Waals surface area contributed by atoms with E-state index in [1.54, 1.807) is 12.3 Å². The number of piperazine rings is 1. The Bertz CT molecular complexity index is 1060. The van der Waals surface area contributed by atoms with Crippen molar-refractivity contribution in [3.63, 3.8) is 0 Å². The monoisotopic (exact) mass is 446 g/mol. The summed E-state index contributed by atoms with van der Waals surface area (Å²) in [5, 5.41) is 3.76. The lowest BCUT2D eigenvalue weighted by molar-refractivity contribution is 0.0741. The van der Waals surface area contributed by atoms with Gasteiger partial charge in [-0.15, -0.1) is 11.3 Å². The van der Waals surface area contributed by atoms with Crippen LogP contribution in [0.5, 0.6) is 0 Å². The van der Waals surface area contributed by atoms with Crippen molar-refractivity contribution in [2.75, 3.05) is 31.1 Å². The fraction of sp³-hybridized carbons (Fsp3) is 0.286. The molecule has 3 heterocycles. The zero-order valence-corrected chi connectivity index (χ0v) is 18.5. The first-order valence-electron chi connectivity index (χ1n) is 9.31. The van der Waals surface area contributed by atoms with Crippen LogP contribution in [0.1, 0.15) is 21.6 Å². The molecule has 5 nitrogen and oxygen atoms in total. The molecule has 0 N–H and O–H groups in total. The lowest BCUT2D eigenvalue weighted by Gasteiger charge is -2.35. The van der Waals surface area contributed by atoms with E-state index in [2.05, 4.69) is 46.9 Å². The van der Waals surface area contributed by atoms with Gasteiger partial charge in [0, 0.05) is 43.3 Å². The molecule has 0 atom stereocenters. The van der Waals surface area contributed by atoms with Crippen molar-refractivity contribution in [2.45, 2.75) is 13.8 Å². The Kier molecular flexibility index (Phi) is 5.76. The lowest BCUT2D eigenvalue weighted by Crippen LogP contribution is -2.49. The minimum absolute atomic E-state index is 0.0351. The molecule has 150 valence electrons. The minimum Gasteiger partial charge on any atom is -0.352 e. The van der Waals surface area contributed by atoms with Gasteiger partial charge < -0.3 is 9.80 Å². The molecule has 0 bridgehead atoms. The van der Waals surface area contributed by atoms with Crippen molar-refractivity contribution >= 4 is 46.3 Å². The largest absolute Gasteiger partial charge is 0.352 e. The number of nitrogens with zero attached hydrogens (tertiary/aromatic N) is 4. The van der Waals surface area contributed by atoms with Crippen molar-refractivity contribution in [1.82, 2.24) is 14.9 Å². The van der Waals surface area contributed by atoms with E-state index in [-0.39, 0.29) is 5.91 Å². The Morgan fingerprint density at radius 1 is 1.10 bits per heavy atom. The molecule has 0 unspecified atom stereocenters. The second kappa shape index (κ2) is 8.30. The van der Waals surface area contributed by atoms with Crippen molar-refractivity contribution in [3.05, 3.63) is 62.7 Å². The summed E-state index contributed by atoms with van der Waals surface area (Å²) in [4.78, 5) is 25.8. The van der Waals surface area contributed by atoms with Crippen LogP contribution in [0.2, 0.25) is 10.0 Å². The van der Waals surface area contributed by atoms with Gasteiger partial charge in [-0.3, -0.25) is 4.79 Å². The van der Waals surface area contributed by atoms with E-state index in [1.807, 2.05) is 10.3 Å². The minimum atomic E-state index is -0.0351. The topological polar surface area (TPSA) is 49.3 Å². The van der Waals surface area contributed by atoms with E-state index < -0.39 is 0 Å². The number of hydrogen-bond acceptors (Lipinski definition) is 5. The molecule has 1 amide bonds. The smallest absolute Gasteiger partial charge is 0.273 e. The molecule has 1 saturated heterocycles. The molecule has 0 saturated carbocycles. The number of carbonyl (C=O) groups excluding carboxylic acids is 1. The third-order valence-electron chi connectivity index (χ3n) is 4.99. The predicted octanol–water partition coefficient (Wildman–Crippen LogP) is 5.09. The summed E-state index contributed by atoms with van der Waals surface area (Å²) in [6.07, 6.45) is 1.59. The first kappa shape index (κ1) is 20.1. The first-order chi connectivity index (χ1) is 13.9. The van der Waals surface area contributed by atoms with Gasteiger partial charge in [0.1, 0.15) is 16.5 Å². The molecule has 29 heavy (non-hydrogen) atoms. The zero-order chi connectivity index (χ0) is 20.5. The number of benzene rings is 1. The molecule has 1 aromatic carbocycles. The average molecular weight is 447 g/mol. The predicted molar refractivity (Wildman–Crippen MR) is 119 cm³/mol. The van der Waals surface area contributed by atoms with Crippen molar-refractivity contribution in [3.8, 4) is 10.6 Å². The molecule has 3 aromatic rings. The van der Waals surface area contributed by atoms with Gasteiger partial charge in [0.2, 0.25) is 0 Å². The standard InChI is InChI=1S/C21H20Cl2N4OS/c1-13-3-4-16(14(2)9-13)20-25-18(12-29-20)21(28)27-7-5-26(6-8-27)19-17(23)10-15(22)11-24-19/h3-4,9-12H,5-8H2,1-2H3. The summed E-state index contributed by atoms with van der Waals surface area (Å²) in [7, 11) is 0. The van der Waals surface area contributed by atoms with Gasteiger partial charge in [-0.2, -0.15) is 0 Å². The van der Waals surface area contributed by atoms with Gasteiger partial charge in [0.25, 0.3) is 5.91 Å². The fourth-order valence-electron chi connectivity index (χ4n) is 3.47. The number of rotatable bonds is 3. The summed E-state index contributed by atoms with van der Waals surface area (Å²) in [6.45, 7) is 6.65. The van der Waals surface area contributed by atoms with E-state index in [1.165, 1.54) is 22.5 Å². The normalized spacial score (nSPS) is 14.3. The van der Waals surface area contributed by atoms with Gasteiger partial charge in [0.15, 0.2) is 0 Å². The second-order valence-electron chi connectivity index (χ2n) is 7.09. The number of hydrogen-bond donors (Lipinski definition) is 0. The highest BCUT2D eigenvalue weighted by Crippen LogP contribution is 2.29. The van der Waals surface area contributed by atoms with Crippen LogP contribution >= 0.6 is 34.5 Å². The third kappa shape index (κ3) is 4.25. The molecule has 0 spiro atoms. The van der Waals surface area contributed by atoms with Crippen LogP contribution in [0.25, 0.3) is 10.6 Å². The fourth-order valence-corrected chi connectivity index (χ4v) is 4.86. The Morgan fingerprint density at radius 2 is 1.86 bits per heavy atom. The van der Waals surface area contributed by atoms with Crippen LogP contribution in [-0.4, -0.2) is 47.0 Å². The van der Waals surface area contributed by atoms with Crippen molar-refractivity contribution < 1.29 is 4.79 Å². The van der Waals surface area contributed by atoms with Crippen molar-refractivity contribution in [1.29, 1.82) is 0 Å². The quantitative estimate of drug-likeness (QED) is 0.561. The van der Waals surface area contributed by atoms with Gasteiger partial charge >= 0.3 is 0 Å². The average Bonchev–Trinajstić information content (AvgIpc) is 3.17. The van der Waals surface area contributed by atoms with E-state index in [9.17, 15) is 4.79 Å². The number of pyridine rings is 1. The summed E-state index contributed by atoms with van der Waals surface area (Å²) in [5.74, 6) is 0.668. The molecule has 0 radical (unpaired) electrons. The number of thiazole rings is 1. The van der Waals surface area contributed by atoms with Crippen LogP contribution in [0, 0.1) is 13.8 Å². The van der Waals surface area contributed by atoms with Crippen LogP contribution in [0.15, 0.2) is 35.8 Å². The first-order valence-corrected chi connectivity index (χ1v) is 10.9. The van der Waals surface area contributed by atoms with Crippen LogP contribution < -0.4 is 4.90 Å². The Hall–Kier alpha value is -2.15. The molecule has 4 rings (SSSR count). The lowest BCUT2D eigenvalue weighted by atomic mass is 10.1. The Balaban J connectivity index is 1.44. The third-order valence-corrected chi connectivity index (χ3v) is 6.35.